The summed E-state index contributed by atoms with van der Waals surface area (Å²) in [5.74, 6) is -0.0506. The largest absolute Gasteiger partial charge is 0.398 e. The van der Waals surface area contributed by atoms with Crippen molar-refractivity contribution in [3.05, 3.63) is 57.3 Å². The lowest BCUT2D eigenvalue weighted by Crippen LogP contribution is -2.05. The molecule has 3 N–H and O–H groups in total. The second-order valence-electron chi connectivity index (χ2n) is 5.10. The van der Waals surface area contributed by atoms with Gasteiger partial charge in [-0.25, -0.2) is 4.98 Å². The minimum absolute atomic E-state index is 0.0506. The zero-order chi connectivity index (χ0) is 15.1. The first kappa shape index (κ1) is 13.8. The summed E-state index contributed by atoms with van der Waals surface area (Å²) in [5.41, 5.74) is 10.4. The fourth-order valence-corrected chi connectivity index (χ4v) is 2.76. The molecule has 3 rings (SSSR count). The van der Waals surface area contributed by atoms with E-state index in [0.29, 0.717) is 22.5 Å². The van der Waals surface area contributed by atoms with Gasteiger partial charge in [-0.05, 0) is 53.0 Å². The molecule has 106 valence electrons. The standard InChI is InChI=1S/C16H14BrN3O/c1-8-3-9(2)14(18)5-11(8)15(21)13-7-20-16-12(13)4-10(17)6-19-16/h3-7H,18H2,1-2H3,(H,19,20). The second-order valence-corrected chi connectivity index (χ2v) is 6.02. The maximum absolute atomic E-state index is 12.8. The van der Waals surface area contributed by atoms with Gasteiger partial charge >= 0.3 is 0 Å². The lowest BCUT2D eigenvalue weighted by molar-refractivity contribution is 0.104. The SMILES string of the molecule is Cc1cc(C)c(C(=O)c2c[nH]c3ncc(Br)cc23)cc1N. The van der Waals surface area contributed by atoms with Crippen molar-refractivity contribution in [2.45, 2.75) is 13.8 Å². The fourth-order valence-electron chi connectivity index (χ4n) is 2.42. The van der Waals surface area contributed by atoms with Crippen LogP contribution in [0, 0.1) is 13.8 Å². The molecule has 5 heteroatoms. The molecule has 21 heavy (non-hydrogen) atoms. The number of H-pyrrole nitrogens is 1. The van der Waals surface area contributed by atoms with Gasteiger partial charge in [0.2, 0.25) is 0 Å². The Labute approximate surface area is 130 Å². The van der Waals surface area contributed by atoms with Gasteiger partial charge in [0.1, 0.15) is 5.65 Å². The fraction of sp³-hybridized carbons (Fsp3) is 0.125. The normalized spacial score (nSPS) is 11.0. The second kappa shape index (κ2) is 5.00. The summed E-state index contributed by atoms with van der Waals surface area (Å²) >= 11 is 3.38. The Morgan fingerprint density at radius 1 is 1.19 bits per heavy atom. The Hall–Kier alpha value is -2.14. The van der Waals surface area contributed by atoms with Gasteiger partial charge in [-0.1, -0.05) is 6.07 Å². The van der Waals surface area contributed by atoms with Crippen LogP contribution < -0.4 is 5.73 Å². The van der Waals surface area contributed by atoms with Crippen molar-refractivity contribution in [3.8, 4) is 0 Å². The molecule has 0 aliphatic carbocycles. The van der Waals surface area contributed by atoms with Crippen LogP contribution in [0.15, 0.2) is 35.1 Å². The van der Waals surface area contributed by atoms with E-state index in [0.717, 1.165) is 21.0 Å². The minimum Gasteiger partial charge on any atom is -0.398 e. The number of fused-ring (bicyclic) bond motifs is 1. The molecule has 4 nitrogen and oxygen atoms in total. The number of benzene rings is 1. The highest BCUT2D eigenvalue weighted by Crippen LogP contribution is 2.26. The van der Waals surface area contributed by atoms with Crippen molar-refractivity contribution < 1.29 is 4.79 Å². The third kappa shape index (κ3) is 2.34. The van der Waals surface area contributed by atoms with E-state index in [1.54, 1.807) is 18.5 Å². The minimum atomic E-state index is -0.0506. The number of rotatable bonds is 2. The molecule has 0 atom stereocenters. The van der Waals surface area contributed by atoms with Crippen LogP contribution in [-0.2, 0) is 0 Å². The average molecular weight is 344 g/mol. The maximum atomic E-state index is 12.8. The molecule has 0 aliphatic heterocycles. The highest BCUT2D eigenvalue weighted by Gasteiger charge is 2.17. The van der Waals surface area contributed by atoms with E-state index in [1.165, 1.54) is 0 Å². The predicted octanol–water partition coefficient (Wildman–Crippen LogP) is 3.76. The Kier molecular flexibility index (Phi) is 3.29. The third-order valence-corrected chi connectivity index (χ3v) is 4.03. The Morgan fingerprint density at radius 3 is 2.71 bits per heavy atom. The number of carbonyl (C=O) groups excluding carboxylic acids is 1. The molecular formula is C16H14BrN3O. The van der Waals surface area contributed by atoms with Crippen LogP contribution in [0.1, 0.15) is 27.0 Å². The molecule has 0 saturated carbocycles. The highest BCUT2D eigenvalue weighted by molar-refractivity contribution is 9.10. The summed E-state index contributed by atoms with van der Waals surface area (Å²) in [6.45, 7) is 3.85. The zero-order valence-electron chi connectivity index (χ0n) is 11.7. The molecule has 0 fully saturated rings. The summed E-state index contributed by atoms with van der Waals surface area (Å²) in [5, 5.41) is 0.799. The number of hydrogen-bond acceptors (Lipinski definition) is 3. The van der Waals surface area contributed by atoms with Gasteiger partial charge < -0.3 is 10.7 Å². The number of aromatic nitrogens is 2. The summed E-state index contributed by atoms with van der Waals surface area (Å²) < 4.78 is 0.837. The topological polar surface area (TPSA) is 71.8 Å². The number of pyridine rings is 1. The van der Waals surface area contributed by atoms with Gasteiger partial charge in [-0.3, -0.25) is 4.79 Å². The number of carbonyl (C=O) groups is 1. The van der Waals surface area contributed by atoms with Crippen molar-refractivity contribution >= 4 is 38.4 Å². The molecular weight excluding hydrogens is 330 g/mol. The number of nitrogen functional groups attached to an aromatic ring is 1. The average Bonchev–Trinajstić information content (AvgIpc) is 2.85. The Balaban J connectivity index is 2.17. The Morgan fingerprint density at radius 2 is 1.95 bits per heavy atom. The molecule has 2 aromatic heterocycles. The molecule has 0 amide bonds. The van der Waals surface area contributed by atoms with E-state index in [4.69, 9.17) is 5.73 Å². The molecule has 0 unspecified atom stereocenters. The van der Waals surface area contributed by atoms with E-state index in [2.05, 4.69) is 25.9 Å². The molecule has 0 spiro atoms. The van der Waals surface area contributed by atoms with Gasteiger partial charge in [0.25, 0.3) is 0 Å². The van der Waals surface area contributed by atoms with Crippen LogP contribution in [0.3, 0.4) is 0 Å². The van der Waals surface area contributed by atoms with Crippen molar-refractivity contribution in [1.29, 1.82) is 0 Å². The van der Waals surface area contributed by atoms with Crippen LogP contribution in [0.2, 0.25) is 0 Å². The van der Waals surface area contributed by atoms with Crippen molar-refractivity contribution in [1.82, 2.24) is 9.97 Å². The molecule has 2 heterocycles. The number of aryl methyl sites for hydroxylation is 2. The van der Waals surface area contributed by atoms with Gasteiger partial charge in [-0.2, -0.15) is 0 Å². The monoisotopic (exact) mass is 343 g/mol. The van der Waals surface area contributed by atoms with Gasteiger partial charge in [0.05, 0.1) is 0 Å². The Bertz CT molecular complexity index is 867. The van der Waals surface area contributed by atoms with E-state index in [9.17, 15) is 4.79 Å². The number of hydrogen-bond donors (Lipinski definition) is 2. The molecule has 0 aliphatic rings. The lowest BCUT2D eigenvalue weighted by Gasteiger charge is -2.08. The number of nitrogens with two attached hydrogens (primary N) is 1. The van der Waals surface area contributed by atoms with Crippen LogP contribution in [0.4, 0.5) is 5.69 Å². The first-order chi connectivity index (χ1) is 9.97. The van der Waals surface area contributed by atoms with Crippen LogP contribution in [0.5, 0.6) is 0 Å². The summed E-state index contributed by atoms with van der Waals surface area (Å²) in [6, 6.07) is 5.57. The molecule has 0 saturated heterocycles. The maximum Gasteiger partial charge on any atom is 0.195 e. The van der Waals surface area contributed by atoms with E-state index >= 15 is 0 Å². The summed E-state index contributed by atoms with van der Waals surface area (Å²) in [6.07, 6.45) is 3.39. The summed E-state index contributed by atoms with van der Waals surface area (Å²) in [4.78, 5) is 20.1. The van der Waals surface area contributed by atoms with Gasteiger partial charge in [0.15, 0.2) is 5.78 Å². The van der Waals surface area contributed by atoms with E-state index in [-0.39, 0.29) is 5.78 Å². The first-order valence-corrected chi connectivity index (χ1v) is 7.30. The van der Waals surface area contributed by atoms with Crippen molar-refractivity contribution in [2.24, 2.45) is 0 Å². The molecule has 1 aromatic carbocycles. The van der Waals surface area contributed by atoms with Crippen molar-refractivity contribution in [2.75, 3.05) is 5.73 Å². The van der Waals surface area contributed by atoms with E-state index in [1.807, 2.05) is 26.0 Å². The smallest absolute Gasteiger partial charge is 0.195 e. The number of nitrogens with zero attached hydrogens (tertiary/aromatic N) is 1. The quantitative estimate of drug-likeness (QED) is 0.549. The van der Waals surface area contributed by atoms with Crippen LogP contribution in [0.25, 0.3) is 11.0 Å². The molecule has 3 aromatic rings. The number of ketones is 1. The first-order valence-electron chi connectivity index (χ1n) is 6.51. The zero-order valence-corrected chi connectivity index (χ0v) is 13.3. The number of aromatic amines is 1. The van der Waals surface area contributed by atoms with Gasteiger partial charge in [0, 0.05) is 39.1 Å². The number of nitrogens with one attached hydrogen (secondary N) is 1. The van der Waals surface area contributed by atoms with Crippen LogP contribution in [-0.4, -0.2) is 15.8 Å². The predicted molar refractivity (Wildman–Crippen MR) is 87.6 cm³/mol. The third-order valence-electron chi connectivity index (χ3n) is 3.60. The van der Waals surface area contributed by atoms with E-state index < -0.39 is 0 Å². The van der Waals surface area contributed by atoms with Crippen LogP contribution >= 0.6 is 15.9 Å². The number of halogens is 1. The highest BCUT2D eigenvalue weighted by atomic mass is 79.9. The lowest BCUT2D eigenvalue weighted by atomic mass is 9.96. The molecule has 0 bridgehead atoms. The van der Waals surface area contributed by atoms with Gasteiger partial charge in [-0.15, -0.1) is 0 Å². The number of anilines is 1. The molecule has 0 radical (unpaired) electrons. The summed E-state index contributed by atoms with van der Waals surface area (Å²) in [7, 11) is 0. The van der Waals surface area contributed by atoms with Crippen molar-refractivity contribution in [3.63, 3.8) is 0 Å².